The molecule has 1 aromatic carbocycles. The molecular formula is C15H13FN2OS. The molecule has 1 amide bonds. The van der Waals surface area contributed by atoms with Crippen LogP contribution in [0.5, 0.6) is 0 Å². The van der Waals surface area contributed by atoms with Crippen LogP contribution in [-0.2, 0) is 4.79 Å². The van der Waals surface area contributed by atoms with Crippen molar-refractivity contribution < 1.29 is 9.18 Å². The Morgan fingerprint density at radius 1 is 1.25 bits per heavy atom. The van der Waals surface area contributed by atoms with Gasteiger partial charge in [0.2, 0.25) is 5.91 Å². The molecule has 2 rings (SSSR count). The number of amides is 1. The Kier molecular flexibility index (Phi) is 4.90. The average Bonchev–Trinajstić information content (AvgIpc) is 2.47. The lowest BCUT2D eigenvalue weighted by Gasteiger charge is -2.02. The van der Waals surface area contributed by atoms with Gasteiger partial charge in [-0.1, -0.05) is 12.1 Å². The van der Waals surface area contributed by atoms with E-state index in [1.165, 1.54) is 30.0 Å². The largest absolute Gasteiger partial charge is 0.321 e. The van der Waals surface area contributed by atoms with Crippen LogP contribution >= 0.6 is 11.8 Å². The third-order valence-electron chi connectivity index (χ3n) is 2.51. The molecule has 20 heavy (non-hydrogen) atoms. The Morgan fingerprint density at radius 2 is 2.00 bits per heavy atom. The number of carbonyl (C=O) groups is 1. The minimum Gasteiger partial charge on any atom is -0.321 e. The van der Waals surface area contributed by atoms with Gasteiger partial charge in [0.25, 0.3) is 0 Å². The van der Waals surface area contributed by atoms with E-state index < -0.39 is 0 Å². The van der Waals surface area contributed by atoms with Crippen LogP contribution in [0.15, 0.2) is 53.7 Å². The summed E-state index contributed by atoms with van der Waals surface area (Å²) in [5.41, 5.74) is 1.40. The van der Waals surface area contributed by atoms with Crippen molar-refractivity contribution in [2.45, 2.75) is 5.03 Å². The SMILES string of the molecule is CSc1ccc(NC(=O)/C=C/c2ccc(F)cc2)cn1. The van der Waals surface area contributed by atoms with E-state index in [4.69, 9.17) is 0 Å². The van der Waals surface area contributed by atoms with E-state index >= 15 is 0 Å². The van der Waals surface area contributed by atoms with E-state index in [-0.39, 0.29) is 11.7 Å². The quantitative estimate of drug-likeness (QED) is 0.690. The van der Waals surface area contributed by atoms with Crippen LogP contribution in [0.3, 0.4) is 0 Å². The highest BCUT2D eigenvalue weighted by Gasteiger charge is 1.99. The molecule has 1 aromatic heterocycles. The molecule has 0 atom stereocenters. The highest BCUT2D eigenvalue weighted by atomic mass is 32.2. The molecule has 2 aromatic rings. The summed E-state index contributed by atoms with van der Waals surface area (Å²) in [6.07, 6.45) is 6.57. The number of anilines is 1. The van der Waals surface area contributed by atoms with E-state index in [9.17, 15) is 9.18 Å². The standard InChI is InChI=1S/C15H13FN2OS/c1-20-15-9-7-13(10-17-15)18-14(19)8-4-11-2-5-12(16)6-3-11/h2-10H,1H3,(H,18,19)/b8-4+. The molecule has 0 aliphatic rings. The second-order valence-electron chi connectivity index (χ2n) is 3.96. The van der Waals surface area contributed by atoms with E-state index in [1.54, 1.807) is 30.5 Å². The molecule has 1 N–H and O–H groups in total. The smallest absolute Gasteiger partial charge is 0.248 e. The first-order valence-electron chi connectivity index (χ1n) is 5.92. The Hall–Kier alpha value is -2.14. The number of rotatable bonds is 4. The molecule has 0 aliphatic heterocycles. The molecule has 0 fully saturated rings. The van der Waals surface area contributed by atoms with Crippen molar-refractivity contribution in [1.29, 1.82) is 0 Å². The third-order valence-corrected chi connectivity index (χ3v) is 3.17. The topological polar surface area (TPSA) is 42.0 Å². The lowest BCUT2D eigenvalue weighted by atomic mass is 10.2. The van der Waals surface area contributed by atoms with E-state index in [1.807, 2.05) is 12.3 Å². The third kappa shape index (κ3) is 4.20. The fraction of sp³-hybridized carbons (Fsp3) is 0.0667. The molecule has 0 bridgehead atoms. The zero-order valence-electron chi connectivity index (χ0n) is 10.8. The Morgan fingerprint density at radius 3 is 2.60 bits per heavy atom. The van der Waals surface area contributed by atoms with Crippen molar-refractivity contribution in [3.63, 3.8) is 0 Å². The maximum atomic E-state index is 12.7. The zero-order chi connectivity index (χ0) is 14.4. The van der Waals surface area contributed by atoms with Crippen LogP contribution in [0.1, 0.15) is 5.56 Å². The van der Waals surface area contributed by atoms with Crippen LogP contribution < -0.4 is 5.32 Å². The van der Waals surface area contributed by atoms with Gasteiger partial charge in [-0.15, -0.1) is 11.8 Å². The number of nitrogens with one attached hydrogen (secondary N) is 1. The van der Waals surface area contributed by atoms with Crippen molar-refractivity contribution >= 4 is 29.4 Å². The molecule has 0 saturated heterocycles. The molecule has 0 saturated carbocycles. The number of pyridine rings is 1. The maximum Gasteiger partial charge on any atom is 0.248 e. The van der Waals surface area contributed by atoms with E-state index in [0.717, 1.165) is 10.6 Å². The Labute approximate surface area is 120 Å². The van der Waals surface area contributed by atoms with Crippen molar-refractivity contribution in [3.05, 3.63) is 60.1 Å². The number of thioether (sulfide) groups is 1. The first-order valence-corrected chi connectivity index (χ1v) is 7.14. The Bertz CT molecular complexity index is 609. The number of hydrogen-bond acceptors (Lipinski definition) is 3. The van der Waals surface area contributed by atoms with Gasteiger partial charge in [0.1, 0.15) is 5.82 Å². The van der Waals surface area contributed by atoms with Crippen molar-refractivity contribution in [2.75, 3.05) is 11.6 Å². The predicted molar refractivity (Wildman–Crippen MR) is 80.1 cm³/mol. The highest BCUT2D eigenvalue weighted by Crippen LogP contribution is 2.14. The van der Waals surface area contributed by atoms with Crippen LogP contribution in [0, 0.1) is 5.82 Å². The first kappa shape index (κ1) is 14.3. The molecule has 102 valence electrons. The lowest BCUT2D eigenvalue weighted by Crippen LogP contribution is -2.07. The van der Waals surface area contributed by atoms with Gasteiger partial charge in [0, 0.05) is 6.08 Å². The highest BCUT2D eigenvalue weighted by molar-refractivity contribution is 7.98. The predicted octanol–water partition coefficient (Wildman–Crippen LogP) is 3.59. The summed E-state index contributed by atoms with van der Waals surface area (Å²) in [6.45, 7) is 0. The summed E-state index contributed by atoms with van der Waals surface area (Å²) in [6, 6.07) is 9.54. The molecule has 3 nitrogen and oxygen atoms in total. The lowest BCUT2D eigenvalue weighted by molar-refractivity contribution is -0.111. The molecule has 0 unspecified atom stereocenters. The molecule has 1 heterocycles. The first-order chi connectivity index (χ1) is 9.67. The monoisotopic (exact) mass is 288 g/mol. The fourth-order valence-corrected chi connectivity index (χ4v) is 1.87. The second-order valence-corrected chi connectivity index (χ2v) is 4.79. The van der Waals surface area contributed by atoms with Gasteiger partial charge in [0.05, 0.1) is 16.9 Å². The van der Waals surface area contributed by atoms with Gasteiger partial charge in [-0.05, 0) is 42.2 Å². The van der Waals surface area contributed by atoms with Gasteiger partial charge >= 0.3 is 0 Å². The summed E-state index contributed by atoms with van der Waals surface area (Å²) in [5, 5.41) is 3.60. The summed E-state index contributed by atoms with van der Waals surface area (Å²) >= 11 is 1.54. The normalized spacial score (nSPS) is 10.7. The van der Waals surface area contributed by atoms with Gasteiger partial charge < -0.3 is 5.32 Å². The van der Waals surface area contributed by atoms with Gasteiger partial charge in [-0.2, -0.15) is 0 Å². The van der Waals surface area contributed by atoms with E-state index in [2.05, 4.69) is 10.3 Å². The minimum atomic E-state index is -0.299. The summed E-state index contributed by atoms with van der Waals surface area (Å²) in [7, 11) is 0. The molecule has 0 radical (unpaired) electrons. The fourth-order valence-electron chi connectivity index (χ4n) is 1.50. The summed E-state index contributed by atoms with van der Waals surface area (Å²) < 4.78 is 12.7. The average molecular weight is 288 g/mol. The Balaban J connectivity index is 1.96. The number of hydrogen-bond donors (Lipinski definition) is 1. The summed E-state index contributed by atoms with van der Waals surface area (Å²) in [4.78, 5) is 15.9. The number of carbonyl (C=O) groups excluding carboxylic acids is 1. The zero-order valence-corrected chi connectivity index (χ0v) is 11.7. The van der Waals surface area contributed by atoms with Crippen molar-refractivity contribution in [1.82, 2.24) is 4.98 Å². The molecule has 0 spiro atoms. The molecule has 5 heteroatoms. The van der Waals surface area contributed by atoms with Crippen molar-refractivity contribution in [2.24, 2.45) is 0 Å². The maximum absolute atomic E-state index is 12.7. The number of nitrogens with zero attached hydrogens (tertiary/aromatic N) is 1. The van der Waals surface area contributed by atoms with Gasteiger partial charge in [-0.25, -0.2) is 9.37 Å². The number of benzene rings is 1. The van der Waals surface area contributed by atoms with Crippen LogP contribution in [0.25, 0.3) is 6.08 Å². The van der Waals surface area contributed by atoms with Crippen LogP contribution in [-0.4, -0.2) is 17.1 Å². The van der Waals surface area contributed by atoms with Crippen LogP contribution in [0.4, 0.5) is 10.1 Å². The number of halogens is 1. The second kappa shape index (κ2) is 6.86. The minimum absolute atomic E-state index is 0.256. The van der Waals surface area contributed by atoms with Gasteiger partial charge in [-0.3, -0.25) is 4.79 Å². The number of aromatic nitrogens is 1. The van der Waals surface area contributed by atoms with Crippen LogP contribution in [0.2, 0.25) is 0 Å². The molecular weight excluding hydrogens is 275 g/mol. The molecule has 0 aliphatic carbocycles. The van der Waals surface area contributed by atoms with Crippen molar-refractivity contribution in [3.8, 4) is 0 Å². The van der Waals surface area contributed by atoms with E-state index in [0.29, 0.717) is 5.69 Å². The summed E-state index contributed by atoms with van der Waals surface area (Å²) in [5.74, 6) is -0.556. The van der Waals surface area contributed by atoms with Gasteiger partial charge in [0.15, 0.2) is 0 Å².